The highest BCUT2D eigenvalue weighted by molar-refractivity contribution is 7.80. The molecule has 1 saturated heterocycles. The van der Waals surface area contributed by atoms with E-state index in [1.54, 1.807) is 0 Å². The average Bonchev–Trinajstić information content (AvgIpc) is 2.04. The Morgan fingerprint density at radius 3 is 2.77 bits per heavy atom. The number of amides is 1. The molecule has 0 bridgehead atoms. The maximum Gasteiger partial charge on any atom is 0.221 e. The predicted molar refractivity (Wildman–Crippen MR) is 57.1 cm³/mol. The van der Waals surface area contributed by atoms with Gasteiger partial charge in [-0.2, -0.15) is 12.6 Å². The molecule has 0 aromatic rings. The van der Waals surface area contributed by atoms with Crippen LogP contribution in [0.2, 0.25) is 0 Å². The predicted octanol–water partition coefficient (Wildman–Crippen LogP) is 0.563. The molecule has 1 rings (SSSR count). The molecule has 1 atom stereocenters. The van der Waals surface area contributed by atoms with Crippen LogP contribution in [-0.4, -0.2) is 30.3 Å². The normalized spacial score (nSPS) is 21.1. The van der Waals surface area contributed by atoms with Gasteiger partial charge in [0.25, 0.3) is 0 Å². The molecule has 1 fully saturated rings. The molecule has 2 N–H and O–H groups in total. The van der Waals surface area contributed by atoms with Gasteiger partial charge in [0.1, 0.15) is 0 Å². The smallest absolute Gasteiger partial charge is 0.221 e. The Hall–Kier alpha value is -0.220. The van der Waals surface area contributed by atoms with Gasteiger partial charge in [-0.1, -0.05) is 6.92 Å². The van der Waals surface area contributed by atoms with Crippen molar-refractivity contribution in [3.8, 4) is 0 Å². The van der Waals surface area contributed by atoms with E-state index in [4.69, 9.17) is 0 Å². The summed E-state index contributed by atoms with van der Waals surface area (Å²) in [7, 11) is 0. The van der Waals surface area contributed by atoms with Crippen LogP contribution in [0.1, 0.15) is 26.2 Å². The minimum Gasteiger partial charge on any atom is -0.353 e. The van der Waals surface area contributed by atoms with Crippen LogP contribution in [0, 0.1) is 0 Å². The van der Waals surface area contributed by atoms with Crippen molar-refractivity contribution in [2.75, 3.05) is 13.1 Å². The summed E-state index contributed by atoms with van der Waals surface area (Å²) >= 11 is 4.18. The van der Waals surface area contributed by atoms with Crippen molar-refractivity contribution in [3.05, 3.63) is 0 Å². The van der Waals surface area contributed by atoms with Gasteiger partial charge in [0.15, 0.2) is 0 Å². The van der Waals surface area contributed by atoms with E-state index >= 15 is 0 Å². The zero-order valence-electron chi connectivity index (χ0n) is 8.05. The number of nitrogens with one attached hydrogen (secondary N) is 2. The number of piperidine rings is 1. The maximum atomic E-state index is 11.3. The number of hydrogen-bond donors (Lipinski definition) is 3. The fourth-order valence-corrected chi connectivity index (χ4v) is 1.69. The van der Waals surface area contributed by atoms with Crippen LogP contribution in [0.25, 0.3) is 0 Å². The van der Waals surface area contributed by atoms with Crippen molar-refractivity contribution in [2.45, 2.75) is 37.5 Å². The fourth-order valence-electron chi connectivity index (χ4n) is 1.52. The lowest BCUT2D eigenvalue weighted by Crippen LogP contribution is -2.43. The zero-order valence-corrected chi connectivity index (χ0v) is 8.94. The largest absolute Gasteiger partial charge is 0.353 e. The summed E-state index contributed by atoms with van der Waals surface area (Å²) in [5.74, 6) is 0.134. The first-order valence-corrected chi connectivity index (χ1v) is 5.38. The van der Waals surface area contributed by atoms with E-state index in [9.17, 15) is 4.79 Å². The van der Waals surface area contributed by atoms with Crippen LogP contribution in [-0.2, 0) is 4.79 Å². The van der Waals surface area contributed by atoms with Gasteiger partial charge in [0, 0.05) is 17.7 Å². The first-order chi connectivity index (χ1) is 6.18. The van der Waals surface area contributed by atoms with Gasteiger partial charge in [-0.3, -0.25) is 4.79 Å². The Balaban J connectivity index is 2.18. The highest BCUT2D eigenvalue weighted by Crippen LogP contribution is 2.04. The molecule has 1 amide bonds. The number of hydrogen-bond acceptors (Lipinski definition) is 3. The Morgan fingerprint density at radius 1 is 1.62 bits per heavy atom. The summed E-state index contributed by atoms with van der Waals surface area (Å²) in [4.78, 5) is 11.3. The molecule has 0 aromatic heterocycles. The number of rotatable bonds is 3. The van der Waals surface area contributed by atoms with Crippen molar-refractivity contribution in [2.24, 2.45) is 0 Å². The van der Waals surface area contributed by atoms with Crippen LogP contribution in [0.3, 0.4) is 0 Å². The molecular weight excluding hydrogens is 184 g/mol. The topological polar surface area (TPSA) is 41.1 Å². The molecule has 1 heterocycles. The fraction of sp³-hybridized carbons (Fsp3) is 0.889. The summed E-state index contributed by atoms with van der Waals surface area (Å²) in [6.45, 7) is 3.97. The zero-order chi connectivity index (χ0) is 9.68. The number of carbonyl (C=O) groups is 1. The molecular formula is C9H18N2OS. The summed E-state index contributed by atoms with van der Waals surface area (Å²) in [5, 5.41) is 6.44. The molecule has 1 aliphatic heterocycles. The second kappa shape index (κ2) is 5.50. The highest BCUT2D eigenvalue weighted by atomic mass is 32.1. The third-order valence-electron chi connectivity index (χ3n) is 2.19. The molecule has 0 aromatic carbocycles. The lowest BCUT2D eigenvalue weighted by molar-refractivity contribution is -0.121. The van der Waals surface area contributed by atoms with Crippen molar-refractivity contribution >= 4 is 18.5 Å². The minimum absolute atomic E-state index is 0.134. The van der Waals surface area contributed by atoms with Gasteiger partial charge in [-0.15, -0.1) is 0 Å². The highest BCUT2D eigenvalue weighted by Gasteiger charge is 2.15. The Kier molecular flexibility index (Phi) is 4.59. The molecule has 1 aliphatic rings. The van der Waals surface area contributed by atoms with Gasteiger partial charge in [0.05, 0.1) is 0 Å². The molecule has 0 radical (unpaired) electrons. The van der Waals surface area contributed by atoms with Gasteiger partial charge in [-0.05, 0) is 25.9 Å². The van der Waals surface area contributed by atoms with Crippen molar-refractivity contribution in [3.63, 3.8) is 0 Å². The van der Waals surface area contributed by atoms with E-state index < -0.39 is 0 Å². The lowest BCUT2D eigenvalue weighted by Gasteiger charge is -2.23. The van der Waals surface area contributed by atoms with E-state index in [0.717, 1.165) is 25.9 Å². The summed E-state index contributed by atoms with van der Waals surface area (Å²) < 4.78 is 0. The second-order valence-electron chi connectivity index (χ2n) is 3.64. The molecule has 4 heteroatoms. The summed E-state index contributed by atoms with van der Waals surface area (Å²) in [6, 6.07) is 0.376. The molecule has 3 nitrogen and oxygen atoms in total. The van der Waals surface area contributed by atoms with Crippen LogP contribution < -0.4 is 10.6 Å². The van der Waals surface area contributed by atoms with Gasteiger partial charge in [0.2, 0.25) is 5.91 Å². The van der Waals surface area contributed by atoms with Crippen molar-refractivity contribution in [1.29, 1.82) is 0 Å². The van der Waals surface area contributed by atoms with E-state index in [1.165, 1.54) is 0 Å². The van der Waals surface area contributed by atoms with Crippen molar-refractivity contribution < 1.29 is 4.79 Å². The molecule has 1 unspecified atom stereocenters. The van der Waals surface area contributed by atoms with Gasteiger partial charge in [-0.25, -0.2) is 0 Å². The third-order valence-corrected chi connectivity index (χ3v) is 2.37. The van der Waals surface area contributed by atoms with Gasteiger partial charge < -0.3 is 10.6 Å². The van der Waals surface area contributed by atoms with Crippen molar-refractivity contribution in [1.82, 2.24) is 10.6 Å². The average molecular weight is 202 g/mol. The standard InChI is InChI=1S/C9H18N2OS/c1-7(13)6-9(12)11-8-2-4-10-5-3-8/h7-8,10,13H,2-6H2,1H3,(H,11,12). The van der Waals surface area contributed by atoms with E-state index in [1.807, 2.05) is 6.92 Å². The van der Waals surface area contributed by atoms with E-state index in [0.29, 0.717) is 12.5 Å². The Labute approximate surface area is 85.1 Å². The lowest BCUT2D eigenvalue weighted by atomic mass is 10.1. The number of thiol groups is 1. The summed E-state index contributed by atoms with van der Waals surface area (Å²) in [6.07, 6.45) is 2.62. The molecule has 0 spiro atoms. The third kappa shape index (κ3) is 4.52. The van der Waals surface area contributed by atoms with Gasteiger partial charge >= 0.3 is 0 Å². The maximum absolute atomic E-state index is 11.3. The minimum atomic E-state index is 0.134. The van der Waals surface area contributed by atoms with E-state index in [-0.39, 0.29) is 11.2 Å². The Morgan fingerprint density at radius 2 is 2.23 bits per heavy atom. The summed E-state index contributed by atoms with van der Waals surface area (Å²) in [5.41, 5.74) is 0. The Bertz CT molecular complexity index is 167. The van der Waals surface area contributed by atoms with E-state index in [2.05, 4.69) is 23.3 Å². The molecule has 76 valence electrons. The van der Waals surface area contributed by atoms with Crippen LogP contribution >= 0.6 is 12.6 Å². The monoisotopic (exact) mass is 202 g/mol. The molecule has 0 saturated carbocycles. The molecule has 0 aliphatic carbocycles. The second-order valence-corrected chi connectivity index (χ2v) is 4.53. The quantitative estimate of drug-likeness (QED) is 0.585. The van der Waals surface area contributed by atoms with Crippen LogP contribution in [0.4, 0.5) is 0 Å². The SMILES string of the molecule is CC(S)CC(=O)NC1CCNCC1. The first-order valence-electron chi connectivity index (χ1n) is 4.86. The number of carbonyl (C=O) groups excluding carboxylic acids is 1. The molecule has 13 heavy (non-hydrogen) atoms. The van der Waals surface area contributed by atoms with Crippen LogP contribution in [0.5, 0.6) is 0 Å². The first kappa shape index (κ1) is 10.9. The van der Waals surface area contributed by atoms with Crippen LogP contribution in [0.15, 0.2) is 0 Å².